The van der Waals surface area contributed by atoms with Crippen molar-refractivity contribution < 1.29 is 9.47 Å². The third kappa shape index (κ3) is 2.82. The van der Waals surface area contributed by atoms with E-state index >= 15 is 0 Å². The number of hydrogen-bond acceptors (Lipinski definition) is 4. The Morgan fingerprint density at radius 3 is 3.10 bits per heavy atom. The summed E-state index contributed by atoms with van der Waals surface area (Å²) in [6.07, 6.45) is 0.974. The van der Waals surface area contributed by atoms with Gasteiger partial charge in [-0.25, -0.2) is 0 Å². The van der Waals surface area contributed by atoms with Crippen LogP contribution in [0, 0.1) is 0 Å². The Kier molecular flexibility index (Phi) is 4.52. The minimum absolute atomic E-state index is 0.0919. The molecule has 5 heteroatoms. The zero-order valence-corrected chi connectivity index (χ0v) is 14.5. The van der Waals surface area contributed by atoms with Gasteiger partial charge >= 0.3 is 0 Å². The van der Waals surface area contributed by atoms with Crippen molar-refractivity contribution in [3.8, 4) is 11.5 Å². The molecule has 1 aliphatic rings. The normalized spacial score (nSPS) is 14.6. The van der Waals surface area contributed by atoms with E-state index in [0.717, 1.165) is 35.5 Å². The van der Waals surface area contributed by atoms with Crippen LogP contribution >= 0.6 is 27.3 Å². The van der Waals surface area contributed by atoms with Crippen molar-refractivity contribution in [1.82, 2.24) is 5.32 Å². The summed E-state index contributed by atoms with van der Waals surface area (Å²) < 4.78 is 12.5. The molecule has 1 aromatic heterocycles. The SMILES string of the molecule is CCNC(c1cc(Br)cc2c1OCC2)c1sccc1OC. The molecule has 1 aliphatic heterocycles. The van der Waals surface area contributed by atoms with Crippen LogP contribution in [0.4, 0.5) is 0 Å². The van der Waals surface area contributed by atoms with Crippen LogP contribution in [0.5, 0.6) is 11.5 Å². The summed E-state index contributed by atoms with van der Waals surface area (Å²) in [6.45, 7) is 3.76. The minimum Gasteiger partial charge on any atom is -0.496 e. The van der Waals surface area contributed by atoms with Gasteiger partial charge in [-0.1, -0.05) is 22.9 Å². The molecule has 0 fully saturated rings. The fourth-order valence-corrected chi connectivity index (χ4v) is 4.22. The number of thiophene rings is 1. The van der Waals surface area contributed by atoms with Crippen molar-refractivity contribution in [2.45, 2.75) is 19.4 Å². The first kappa shape index (κ1) is 14.9. The highest BCUT2D eigenvalue weighted by atomic mass is 79.9. The predicted octanol–water partition coefficient (Wildman–Crippen LogP) is 4.15. The van der Waals surface area contributed by atoms with Gasteiger partial charge in [-0.3, -0.25) is 0 Å². The standard InChI is InChI=1S/C16H18BrNO2S/c1-3-18-14(16-13(19-2)5-7-21-16)12-9-11(17)8-10-4-6-20-15(10)12/h5,7-9,14,18H,3-4,6H2,1-2H3. The highest BCUT2D eigenvalue weighted by Crippen LogP contribution is 2.42. The second kappa shape index (κ2) is 6.38. The van der Waals surface area contributed by atoms with Gasteiger partial charge in [0.25, 0.3) is 0 Å². The van der Waals surface area contributed by atoms with E-state index < -0.39 is 0 Å². The number of ether oxygens (including phenoxy) is 2. The summed E-state index contributed by atoms with van der Waals surface area (Å²) in [4.78, 5) is 1.19. The molecular weight excluding hydrogens is 350 g/mol. The van der Waals surface area contributed by atoms with E-state index in [1.54, 1.807) is 18.4 Å². The van der Waals surface area contributed by atoms with Crippen LogP contribution in [-0.2, 0) is 6.42 Å². The summed E-state index contributed by atoms with van der Waals surface area (Å²) in [5.41, 5.74) is 2.46. The maximum Gasteiger partial charge on any atom is 0.134 e. The Bertz CT molecular complexity index is 641. The maximum atomic E-state index is 5.89. The van der Waals surface area contributed by atoms with Gasteiger partial charge in [0, 0.05) is 16.5 Å². The average Bonchev–Trinajstić information content (AvgIpc) is 3.12. The fourth-order valence-electron chi connectivity index (χ4n) is 2.75. The van der Waals surface area contributed by atoms with Crippen molar-refractivity contribution in [3.05, 3.63) is 44.1 Å². The van der Waals surface area contributed by atoms with Gasteiger partial charge in [-0.15, -0.1) is 11.3 Å². The maximum absolute atomic E-state index is 5.89. The van der Waals surface area contributed by atoms with Crippen LogP contribution in [0.1, 0.15) is 29.0 Å². The molecule has 1 N–H and O–H groups in total. The largest absolute Gasteiger partial charge is 0.496 e. The van der Waals surface area contributed by atoms with Crippen molar-refractivity contribution in [2.24, 2.45) is 0 Å². The van der Waals surface area contributed by atoms with Gasteiger partial charge in [-0.2, -0.15) is 0 Å². The summed E-state index contributed by atoms with van der Waals surface area (Å²) in [5, 5.41) is 5.63. The molecule has 0 aliphatic carbocycles. The second-order valence-corrected chi connectivity index (χ2v) is 6.79. The van der Waals surface area contributed by atoms with Crippen molar-refractivity contribution >= 4 is 27.3 Å². The lowest BCUT2D eigenvalue weighted by molar-refractivity contribution is 0.350. The Morgan fingerprint density at radius 1 is 1.48 bits per heavy atom. The molecule has 1 aromatic carbocycles. The van der Waals surface area contributed by atoms with E-state index in [1.807, 2.05) is 6.07 Å². The van der Waals surface area contributed by atoms with Gasteiger partial charge in [0.05, 0.1) is 24.6 Å². The van der Waals surface area contributed by atoms with Gasteiger partial charge in [0.1, 0.15) is 11.5 Å². The number of fused-ring (bicyclic) bond motifs is 1. The predicted molar refractivity (Wildman–Crippen MR) is 89.7 cm³/mol. The van der Waals surface area contributed by atoms with Gasteiger partial charge < -0.3 is 14.8 Å². The molecule has 0 radical (unpaired) electrons. The van der Waals surface area contributed by atoms with Crippen molar-refractivity contribution in [3.63, 3.8) is 0 Å². The van der Waals surface area contributed by atoms with E-state index in [-0.39, 0.29) is 6.04 Å². The molecular formula is C16H18BrNO2S. The zero-order chi connectivity index (χ0) is 14.8. The molecule has 0 bridgehead atoms. The molecule has 2 aromatic rings. The highest BCUT2D eigenvalue weighted by Gasteiger charge is 2.26. The van der Waals surface area contributed by atoms with E-state index in [0.29, 0.717) is 0 Å². The zero-order valence-electron chi connectivity index (χ0n) is 12.1. The second-order valence-electron chi connectivity index (χ2n) is 4.93. The number of rotatable bonds is 5. The molecule has 21 heavy (non-hydrogen) atoms. The lowest BCUT2D eigenvalue weighted by atomic mass is 10.00. The summed E-state index contributed by atoms with van der Waals surface area (Å²) >= 11 is 5.33. The third-order valence-electron chi connectivity index (χ3n) is 3.64. The summed E-state index contributed by atoms with van der Waals surface area (Å²) in [6, 6.07) is 6.41. The van der Waals surface area contributed by atoms with Crippen LogP contribution in [0.3, 0.4) is 0 Å². The third-order valence-corrected chi connectivity index (χ3v) is 5.06. The molecule has 0 saturated heterocycles. The Hall–Kier alpha value is -1.04. The topological polar surface area (TPSA) is 30.5 Å². The Labute approximate surface area is 137 Å². The molecule has 3 nitrogen and oxygen atoms in total. The summed E-state index contributed by atoms with van der Waals surface area (Å²) in [5.74, 6) is 1.96. The lowest BCUT2D eigenvalue weighted by Gasteiger charge is -2.21. The summed E-state index contributed by atoms with van der Waals surface area (Å²) in [7, 11) is 1.72. The number of nitrogens with one attached hydrogen (secondary N) is 1. The van der Waals surface area contributed by atoms with E-state index in [1.165, 1.54) is 16.0 Å². The number of halogens is 1. The van der Waals surface area contributed by atoms with E-state index in [2.05, 4.69) is 45.7 Å². The van der Waals surface area contributed by atoms with Crippen LogP contribution in [0.25, 0.3) is 0 Å². The van der Waals surface area contributed by atoms with Gasteiger partial charge in [0.2, 0.25) is 0 Å². The molecule has 112 valence electrons. The molecule has 0 amide bonds. The first-order valence-electron chi connectivity index (χ1n) is 7.04. The number of methoxy groups -OCH3 is 1. The fraction of sp³-hybridized carbons (Fsp3) is 0.375. The van der Waals surface area contributed by atoms with Crippen LogP contribution in [0.15, 0.2) is 28.1 Å². The Morgan fingerprint density at radius 2 is 2.33 bits per heavy atom. The lowest BCUT2D eigenvalue weighted by Crippen LogP contribution is -2.22. The number of benzene rings is 1. The highest BCUT2D eigenvalue weighted by molar-refractivity contribution is 9.10. The monoisotopic (exact) mass is 367 g/mol. The van der Waals surface area contributed by atoms with Gasteiger partial charge in [0.15, 0.2) is 0 Å². The smallest absolute Gasteiger partial charge is 0.134 e. The van der Waals surface area contributed by atoms with Crippen LogP contribution in [-0.4, -0.2) is 20.3 Å². The minimum atomic E-state index is 0.0919. The number of hydrogen-bond donors (Lipinski definition) is 1. The first-order chi connectivity index (χ1) is 10.2. The van der Waals surface area contributed by atoms with Crippen LogP contribution < -0.4 is 14.8 Å². The van der Waals surface area contributed by atoms with E-state index in [9.17, 15) is 0 Å². The molecule has 3 rings (SSSR count). The molecule has 0 spiro atoms. The quantitative estimate of drug-likeness (QED) is 0.860. The molecule has 0 saturated carbocycles. The Balaban J connectivity index is 2.10. The molecule has 2 heterocycles. The van der Waals surface area contributed by atoms with E-state index in [4.69, 9.17) is 9.47 Å². The average molecular weight is 368 g/mol. The molecule has 1 unspecified atom stereocenters. The first-order valence-corrected chi connectivity index (χ1v) is 8.71. The van der Waals surface area contributed by atoms with Crippen molar-refractivity contribution in [2.75, 3.05) is 20.3 Å². The van der Waals surface area contributed by atoms with Crippen LogP contribution in [0.2, 0.25) is 0 Å². The van der Waals surface area contributed by atoms with Crippen molar-refractivity contribution in [1.29, 1.82) is 0 Å². The van der Waals surface area contributed by atoms with Gasteiger partial charge in [-0.05, 0) is 35.7 Å². The molecule has 1 atom stereocenters.